The van der Waals surface area contributed by atoms with Crippen LogP contribution in [0.3, 0.4) is 0 Å². The van der Waals surface area contributed by atoms with Gasteiger partial charge in [0.05, 0.1) is 12.6 Å². The summed E-state index contributed by atoms with van der Waals surface area (Å²) in [5, 5.41) is 5.73. The van der Waals surface area contributed by atoms with Gasteiger partial charge in [0, 0.05) is 32.7 Å². The van der Waals surface area contributed by atoms with Crippen molar-refractivity contribution in [3.8, 4) is 0 Å². The molecule has 0 atom stereocenters. The van der Waals surface area contributed by atoms with E-state index < -0.39 is 8.07 Å². The number of ether oxygens (including phenoxy) is 2. The molecular weight excluding hydrogens is 320 g/mol. The van der Waals surface area contributed by atoms with Crippen LogP contribution in [0.25, 0.3) is 10.9 Å². The highest BCUT2D eigenvalue weighted by Crippen LogP contribution is 2.21. The Morgan fingerprint density at radius 1 is 1.29 bits per heavy atom. The molecule has 2 aromatic rings. The Hall–Kier alpha value is -1.66. The van der Waals surface area contributed by atoms with Crippen molar-refractivity contribution in [3.05, 3.63) is 29.5 Å². The predicted octanol–water partition coefficient (Wildman–Crippen LogP) is 3.76. The Bertz CT molecular complexity index is 704. The lowest BCUT2D eigenvalue weighted by atomic mass is 10.0. The van der Waals surface area contributed by atoms with Gasteiger partial charge in [-0.15, -0.1) is 0 Å². The molecule has 0 saturated heterocycles. The molecular formula is C18H28N2O3Si. The number of fused-ring (bicyclic) bond motifs is 1. The van der Waals surface area contributed by atoms with Crippen LogP contribution in [0.2, 0.25) is 25.7 Å². The molecule has 5 nitrogen and oxygen atoms in total. The van der Waals surface area contributed by atoms with Crippen molar-refractivity contribution < 1.29 is 14.3 Å². The lowest BCUT2D eigenvalue weighted by Crippen LogP contribution is -2.22. The fourth-order valence-electron chi connectivity index (χ4n) is 2.52. The second kappa shape index (κ2) is 7.94. The van der Waals surface area contributed by atoms with E-state index in [9.17, 15) is 4.79 Å². The maximum atomic E-state index is 11.3. The average molecular weight is 349 g/mol. The molecule has 1 aromatic carbocycles. The van der Waals surface area contributed by atoms with Gasteiger partial charge in [-0.1, -0.05) is 25.7 Å². The Labute approximate surface area is 145 Å². The molecule has 132 valence electrons. The molecule has 2 rings (SSSR count). The molecule has 0 aliphatic heterocycles. The van der Waals surface area contributed by atoms with Crippen LogP contribution in [0.5, 0.6) is 0 Å². The normalized spacial score (nSPS) is 11.9. The van der Waals surface area contributed by atoms with Gasteiger partial charge in [0.1, 0.15) is 6.73 Å². The fourth-order valence-corrected chi connectivity index (χ4v) is 3.27. The fraction of sp³-hybridized carbons (Fsp3) is 0.556. The van der Waals surface area contributed by atoms with E-state index in [2.05, 4.69) is 37.7 Å². The smallest absolute Gasteiger partial charge is 0.305 e. The summed E-state index contributed by atoms with van der Waals surface area (Å²) in [6, 6.07) is 5.32. The van der Waals surface area contributed by atoms with Gasteiger partial charge in [0.25, 0.3) is 0 Å². The third-order valence-corrected chi connectivity index (χ3v) is 5.71. The summed E-state index contributed by atoms with van der Waals surface area (Å²) >= 11 is 0. The molecule has 1 heterocycles. The van der Waals surface area contributed by atoms with Gasteiger partial charge in [0.15, 0.2) is 0 Å². The molecule has 0 bridgehead atoms. The van der Waals surface area contributed by atoms with E-state index in [-0.39, 0.29) is 5.97 Å². The number of rotatable bonds is 8. The maximum Gasteiger partial charge on any atom is 0.305 e. The average Bonchev–Trinajstić information content (AvgIpc) is 2.92. The number of esters is 1. The van der Waals surface area contributed by atoms with Crippen LogP contribution >= 0.6 is 0 Å². The topological polar surface area (TPSA) is 53.4 Å². The zero-order valence-electron chi connectivity index (χ0n) is 15.4. The number of benzene rings is 1. The zero-order valence-corrected chi connectivity index (χ0v) is 16.4. The lowest BCUT2D eigenvalue weighted by molar-refractivity contribution is -0.140. The SMILES string of the molecule is COC(=O)CCc1cc(C)c2cn(COCC[Si](C)(C)C)nc2c1. The summed E-state index contributed by atoms with van der Waals surface area (Å²) in [5.74, 6) is -0.186. The van der Waals surface area contributed by atoms with Crippen molar-refractivity contribution in [3.63, 3.8) is 0 Å². The van der Waals surface area contributed by atoms with Gasteiger partial charge in [-0.2, -0.15) is 5.10 Å². The Balaban J connectivity index is 2.01. The van der Waals surface area contributed by atoms with E-state index in [4.69, 9.17) is 9.47 Å². The molecule has 0 N–H and O–H groups in total. The van der Waals surface area contributed by atoms with Gasteiger partial charge in [-0.25, -0.2) is 4.68 Å². The zero-order chi connectivity index (χ0) is 17.7. The largest absolute Gasteiger partial charge is 0.469 e. The molecule has 0 aliphatic rings. The molecule has 24 heavy (non-hydrogen) atoms. The van der Waals surface area contributed by atoms with Gasteiger partial charge < -0.3 is 9.47 Å². The molecule has 0 aliphatic carbocycles. The van der Waals surface area contributed by atoms with E-state index in [1.165, 1.54) is 12.7 Å². The van der Waals surface area contributed by atoms with Crippen LogP contribution in [0.1, 0.15) is 17.5 Å². The number of hydrogen-bond donors (Lipinski definition) is 0. The molecule has 0 amide bonds. The van der Waals surface area contributed by atoms with Crippen LogP contribution in [-0.4, -0.2) is 37.5 Å². The van der Waals surface area contributed by atoms with Crippen molar-refractivity contribution in [1.29, 1.82) is 0 Å². The first kappa shape index (κ1) is 18.7. The maximum absolute atomic E-state index is 11.3. The molecule has 1 aromatic heterocycles. The molecule has 0 fully saturated rings. The van der Waals surface area contributed by atoms with E-state index in [1.54, 1.807) is 0 Å². The van der Waals surface area contributed by atoms with Crippen LogP contribution in [-0.2, 0) is 27.4 Å². The quantitative estimate of drug-likeness (QED) is 0.414. The van der Waals surface area contributed by atoms with Gasteiger partial charge in [-0.3, -0.25) is 4.79 Å². The number of hydrogen-bond acceptors (Lipinski definition) is 4. The number of carbonyl (C=O) groups excluding carboxylic acids is 1. The highest BCUT2D eigenvalue weighted by Gasteiger charge is 2.12. The van der Waals surface area contributed by atoms with E-state index in [0.29, 0.717) is 19.6 Å². The molecule has 0 spiro atoms. The molecule has 0 radical (unpaired) electrons. The number of aryl methyl sites for hydroxylation is 2. The summed E-state index contributed by atoms with van der Waals surface area (Å²) in [5.41, 5.74) is 3.22. The lowest BCUT2D eigenvalue weighted by Gasteiger charge is -2.15. The first-order valence-corrected chi connectivity index (χ1v) is 12.1. The van der Waals surface area contributed by atoms with Gasteiger partial charge in [0.2, 0.25) is 0 Å². The first-order valence-electron chi connectivity index (χ1n) is 8.40. The second-order valence-corrected chi connectivity index (χ2v) is 13.1. The van der Waals surface area contributed by atoms with Gasteiger partial charge >= 0.3 is 5.97 Å². The minimum atomic E-state index is -1.06. The molecule has 6 heteroatoms. The number of aromatic nitrogens is 2. The monoisotopic (exact) mass is 348 g/mol. The third kappa shape index (κ3) is 5.45. The Morgan fingerprint density at radius 3 is 2.71 bits per heavy atom. The minimum absolute atomic E-state index is 0.186. The molecule has 0 saturated carbocycles. The summed E-state index contributed by atoms with van der Waals surface area (Å²) in [7, 11) is 0.359. The van der Waals surface area contributed by atoms with E-state index in [0.717, 1.165) is 29.1 Å². The predicted molar refractivity (Wildman–Crippen MR) is 98.9 cm³/mol. The standard InChI is InChI=1S/C18H28N2O3Si/c1-14-10-15(6-7-18(21)22-2)11-17-16(14)12-20(19-17)13-23-8-9-24(3,4)5/h10-12H,6-9,13H2,1-5H3. The van der Waals surface area contributed by atoms with Crippen molar-refractivity contribution in [1.82, 2.24) is 9.78 Å². The van der Waals surface area contributed by atoms with Crippen molar-refractivity contribution in [2.45, 2.75) is 52.2 Å². The Kier molecular flexibility index (Phi) is 6.18. The van der Waals surface area contributed by atoms with E-state index in [1.807, 2.05) is 16.9 Å². The van der Waals surface area contributed by atoms with Crippen LogP contribution in [0.4, 0.5) is 0 Å². The summed E-state index contributed by atoms with van der Waals surface area (Å²) < 4.78 is 12.3. The van der Waals surface area contributed by atoms with Crippen LogP contribution < -0.4 is 0 Å². The van der Waals surface area contributed by atoms with E-state index >= 15 is 0 Å². The summed E-state index contributed by atoms with van der Waals surface area (Å²) in [6.45, 7) is 10.4. The van der Waals surface area contributed by atoms with Crippen molar-refractivity contribution in [2.75, 3.05) is 13.7 Å². The number of methoxy groups -OCH3 is 1. The highest BCUT2D eigenvalue weighted by molar-refractivity contribution is 6.76. The highest BCUT2D eigenvalue weighted by atomic mass is 28.3. The Morgan fingerprint density at radius 2 is 2.04 bits per heavy atom. The summed E-state index contributed by atoms with van der Waals surface area (Å²) in [4.78, 5) is 11.3. The summed E-state index contributed by atoms with van der Waals surface area (Å²) in [6.07, 6.45) is 3.09. The number of carbonyl (C=O) groups is 1. The van der Waals surface area contributed by atoms with Crippen molar-refractivity contribution in [2.24, 2.45) is 0 Å². The number of nitrogens with zero attached hydrogens (tertiary/aromatic N) is 2. The van der Waals surface area contributed by atoms with Crippen LogP contribution in [0, 0.1) is 6.92 Å². The van der Waals surface area contributed by atoms with Crippen molar-refractivity contribution >= 4 is 24.9 Å². The van der Waals surface area contributed by atoms with Gasteiger partial charge in [-0.05, 0) is 36.6 Å². The first-order chi connectivity index (χ1) is 11.3. The minimum Gasteiger partial charge on any atom is -0.469 e. The second-order valence-electron chi connectivity index (χ2n) is 7.44. The third-order valence-electron chi connectivity index (χ3n) is 4.00. The molecule has 0 unspecified atom stereocenters. The van der Waals surface area contributed by atoms with Crippen LogP contribution in [0.15, 0.2) is 18.3 Å².